The van der Waals surface area contributed by atoms with Crippen molar-refractivity contribution < 1.29 is 47.9 Å². The normalized spacial score (nSPS) is 19.4. The van der Waals surface area contributed by atoms with Gasteiger partial charge in [0.15, 0.2) is 0 Å². The minimum absolute atomic E-state index is 0.137. The molecule has 2 aliphatic rings. The Bertz CT molecular complexity index is 1870. The molecule has 3 aromatic rings. The van der Waals surface area contributed by atoms with Crippen molar-refractivity contribution in [2.75, 3.05) is 41.4 Å². The average Bonchev–Trinajstić information content (AvgIpc) is 3.98. The summed E-state index contributed by atoms with van der Waals surface area (Å²) in [6.07, 6.45) is -0.520. The van der Waals surface area contributed by atoms with Gasteiger partial charge in [-0.15, -0.1) is 22.7 Å². The van der Waals surface area contributed by atoms with E-state index in [0.29, 0.717) is 34.0 Å². The number of nitrogens with one attached hydrogen (secondary N) is 2. The van der Waals surface area contributed by atoms with Crippen LogP contribution in [-0.4, -0.2) is 130 Å². The Balaban J connectivity index is 1.25. The number of aromatic nitrogens is 2. The zero-order valence-electron chi connectivity index (χ0n) is 34.2. The molecule has 1 aromatic carbocycles. The predicted molar refractivity (Wildman–Crippen MR) is 212 cm³/mol. The van der Waals surface area contributed by atoms with Gasteiger partial charge in [-0.2, -0.15) is 0 Å². The molecule has 0 radical (unpaired) electrons. The van der Waals surface area contributed by atoms with E-state index in [1.807, 2.05) is 0 Å². The van der Waals surface area contributed by atoms with Crippen molar-refractivity contribution in [2.45, 2.75) is 89.8 Å². The summed E-state index contributed by atoms with van der Waals surface area (Å²) in [5.74, 6) is -1.72. The molecule has 0 bridgehead atoms. The molecule has 2 aromatic heterocycles. The first kappa shape index (κ1) is 43.9. The van der Waals surface area contributed by atoms with Crippen molar-refractivity contribution in [3.8, 4) is 0 Å². The number of carbonyl (C=O) groups excluding carboxylic acids is 6. The fourth-order valence-corrected chi connectivity index (χ4v) is 8.11. The van der Waals surface area contributed by atoms with E-state index in [4.69, 9.17) is 19.1 Å². The summed E-state index contributed by atoms with van der Waals surface area (Å²) in [5, 5.41) is 12.3. The quantitative estimate of drug-likeness (QED) is 0.264. The lowest BCUT2D eigenvalue weighted by Gasteiger charge is -2.27. The van der Waals surface area contributed by atoms with E-state index >= 15 is 0 Å². The van der Waals surface area contributed by atoms with Gasteiger partial charge in [0, 0.05) is 61.2 Å². The van der Waals surface area contributed by atoms with Crippen LogP contribution in [0.1, 0.15) is 118 Å². The largest absolute Gasteiger partial charge is 0.444 e. The van der Waals surface area contributed by atoms with Crippen LogP contribution in [0.4, 0.5) is 9.59 Å². The van der Waals surface area contributed by atoms with Crippen LogP contribution in [0, 0.1) is 0 Å². The summed E-state index contributed by atoms with van der Waals surface area (Å²) in [6.45, 7) is 10.8. The van der Waals surface area contributed by atoms with E-state index in [-0.39, 0.29) is 24.5 Å². The summed E-state index contributed by atoms with van der Waals surface area (Å²) >= 11 is 2.44. The van der Waals surface area contributed by atoms with Crippen LogP contribution in [0.15, 0.2) is 35.0 Å². The van der Waals surface area contributed by atoms with Crippen LogP contribution >= 0.6 is 22.7 Å². The predicted octanol–water partition coefficient (Wildman–Crippen LogP) is 4.83. The second-order valence-corrected chi connectivity index (χ2v) is 17.6. The van der Waals surface area contributed by atoms with Crippen LogP contribution in [-0.2, 0) is 19.1 Å². The number of nitrogens with zero attached hydrogens (tertiary/aromatic N) is 6. The van der Waals surface area contributed by atoms with Crippen LogP contribution in [0.5, 0.6) is 0 Å². The Morgan fingerprint density at radius 1 is 0.655 bits per heavy atom. The number of benzene rings is 1. The van der Waals surface area contributed by atoms with Gasteiger partial charge in [0.05, 0.1) is 26.3 Å². The molecular formula is C38H50N8O10S2. The highest BCUT2D eigenvalue weighted by Crippen LogP contribution is 2.37. The zero-order valence-corrected chi connectivity index (χ0v) is 35.8. The van der Waals surface area contributed by atoms with Gasteiger partial charge in [-0.3, -0.25) is 38.7 Å². The van der Waals surface area contributed by atoms with Crippen LogP contribution in [0.25, 0.3) is 0 Å². The van der Waals surface area contributed by atoms with Crippen molar-refractivity contribution in [1.82, 2.24) is 40.5 Å². The molecule has 5 rings (SSSR count). The maximum atomic E-state index is 13.5. The molecule has 4 atom stereocenters. The molecule has 20 heteroatoms. The summed E-state index contributed by atoms with van der Waals surface area (Å²) in [6, 6.07) is 4.04. The number of carbonyl (C=O) groups is 6. The molecule has 0 unspecified atom stereocenters. The topological polar surface area (TPSA) is 202 Å². The molecule has 0 saturated carbocycles. The Morgan fingerprint density at radius 2 is 1.00 bits per heavy atom. The fourth-order valence-electron chi connectivity index (χ4n) is 6.27. The highest BCUT2D eigenvalue weighted by atomic mass is 32.1. The molecular weight excluding hydrogens is 793 g/mol. The minimum Gasteiger partial charge on any atom is -0.444 e. The highest BCUT2D eigenvalue weighted by Gasteiger charge is 2.42. The number of thiazole rings is 2. The Hall–Kier alpha value is -5.18. The van der Waals surface area contributed by atoms with E-state index < -0.39 is 71.2 Å². The van der Waals surface area contributed by atoms with Crippen molar-refractivity contribution in [3.63, 3.8) is 0 Å². The van der Waals surface area contributed by atoms with Crippen LogP contribution < -0.4 is 10.6 Å². The average molecular weight is 843 g/mol. The van der Waals surface area contributed by atoms with E-state index in [9.17, 15) is 28.8 Å². The van der Waals surface area contributed by atoms with Gasteiger partial charge < -0.3 is 20.1 Å². The number of hydrogen-bond donors (Lipinski definition) is 2. The maximum Gasteiger partial charge on any atom is 0.410 e. The maximum absolute atomic E-state index is 13.5. The molecule has 18 nitrogen and oxygen atoms in total. The molecule has 0 aliphatic carbocycles. The van der Waals surface area contributed by atoms with Gasteiger partial charge in [-0.1, -0.05) is 0 Å². The Labute approximate surface area is 344 Å². The van der Waals surface area contributed by atoms with E-state index in [2.05, 4.69) is 20.6 Å². The number of hydrogen-bond acceptors (Lipinski definition) is 14. The number of likely N-dealkylation sites (tertiary alicyclic amines) is 2. The van der Waals surface area contributed by atoms with Gasteiger partial charge in [0.25, 0.3) is 23.6 Å². The monoisotopic (exact) mass is 842 g/mol. The molecule has 2 aliphatic heterocycles. The van der Waals surface area contributed by atoms with Crippen molar-refractivity contribution in [1.29, 1.82) is 0 Å². The second kappa shape index (κ2) is 17.8. The Kier molecular flexibility index (Phi) is 13.4. The SMILES string of the molecule is CON(C)C(=O)c1csc([C@@H]2C[C@H](NC(=O)c3ccc(C(=O)N[C@H]4C[C@@H](c5nc(C(=O)N(C)OC)cs5)N(C(=O)OC(C)(C)C)C4)cc3)CN2C(=O)OC(C)(C)C)n1. The smallest absolute Gasteiger partial charge is 0.410 e. The minimum atomic E-state index is -0.770. The second-order valence-electron chi connectivity index (χ2n) is 15.8. The zero-order chi connectivity index (χ0) is 42.7. The lowest BCUT2D eigenvalue weighted by molar-refractivity contribution is -0.0760. The summed E-state index contributed by atoms with van der Waals surface area (Å²) in [5.41, 5.74) is -0.633. The number of rotatable bonds is 10. The highest BCUT2D eigenvalue weighted by molar-refractivity contribution is 7.10. The molecule has 2 saturated heterocycles. The number of hydroxylamine groups is 4. The first-order chi connectivity index (χ1) is 27.2. The molecule has 58 heavy (non-hydrogen) atoms. The third kappa shape index (κ3) is 10.7. The Morgan fingerprint density at radius 3 is 1.31 bits per heavy atom. The van der Waals surface area contributed by atoms with Gasteiger partial charge in [-0.25, -0.2) is 29.7 Å². The lowest BCUT2D eigenvalue weighted by Crippen LogP contribution is -2.41. The lowest BCUT2D eigenvalue weighted by atomic mass is 10.1. The van der Waals surface area contributed by atoms with Crippen LogP contribution in [0.3, 0.4) is 0 Å². The third-order valence-electron chi connectivity index (χ3n) is 9.11. The molecule has 4 heterocycles. The standard InChI is InChI=1S/C38H50N8O10S2/c1-37(2,3)55-35(51)45-17-23(15-27(45)31-41-25(19-57-31)33(49)43(7)53-9)39-29(47)21-11-13-22(14-12-21)30(48)40-24-16-28(46(18-24)36(52)56-38(4,5)6)32-42-26(20-58-32)34(50)44(8)54-10/h11-14,19-20,23-24,27-28H,15-18H2,1-10H3,(H,39,47)(H,40,48)/t23-,24-,27-,28-/m0/s1. The summed E-state index contributed by atoms with van der Waals surface area (Å²) in [7, 11) is 5.67. The number of amides is 6. The molecule has 2 fully saturated rings. The molecule has 2 N–H and O–H groups in total. The van der Waals surface area contributed by atoms with E-state index in [1.165, 1.54) is 85.1 Å². The first-order valence-electron chi connectivity index (χ1n) is 18.4. The number of ether oxygens (including phenoxy) is 2. The summed E-state index contributed by atoms with van der Waals surface area (Å²) < 4.78 is 11.3. The van der Waals surface area contributed by atoms with Crippen LogP contribution in [0.2, 0.25) is 0 Å². The fraction of sp³-hybridized carbons (Fsp3) is 0.526. The van der Waals surface area contributed by atoms with Gasteiger partial charge in [0.2, 0.25) is 0 Å². The third-order valence-corrected chi connectivity index (χ3v) is 11.0. The van der Waals surface area contributed by atoms with Gasteiger partial charge in [-0.05, 0) is 78.6 Å². The molecule has 6 amide bonds. The van der Waals surface area contributed by atoms with E-state index in [1.54, 1.807) is 52.3 Å². The van der Waals surface area contributed by atoms with Crippen molar-refractivity contribution in [2.24, 2.45) is 0 Å². The van der Waals surface area contributed by atoms with Gasteiger partial charge >= 0.3 is 12.2 Å². The first-order valence-corrected chi connectivity index (χ1v) is 20.2. The van der Waals surface area contributed by atoms with Crippen molar-refractivity contribution >= 4 is 58.5 Å². The summed E-state index contributed by atoms with van der Waals surface area (Å²) in [4.78, 5) is 101. The van der Waals surface area contributed by atoms with Gasteiger partial charge in [0.1, 0.15) is 32.6 Å². The van der Waals surface area contributed by atoms with Crippen molar-refractivity contribution in [3.05, 3.63) is 67.6 Å². The molecule has 314 valence electrons. The molecule has 0 spiro atoms. The van der Waals surface area contributed by atoms with E-state index in [0.717, 1.165) is 10.1 Å².